The Morgan fingerprint density at radius 1 is 1.21 bits per heavy atom. The molecule has 0 bridgehead atoms. The number of hydrogen-bond donors (Lipinski definition) is 1. The second-order valence-corrected chi connectivity index (χ2v) is 8.63. The first-order valence-corrected chi connectivity index (χ1v) is 8.44. The first kappa shape index (κ1) is 16.2. The van der Waals surface area contributed by atoms with Gasteiger partial charge >= 0.3 is 0 Å². The van der Waals surface area contributed by atoms with Gasteiger partial charge < -0.3 is 5.32 Å². The minimum absolute atomic E-state index is 0.139. The molecule has 0 heterocycles. The summed E-state index contributed by atoms with van der Waals surface area (Å²) in [5.41, 5.74) is 3.72. The Bertz CT molecular complexity index is 547. The lowest BCUT2D eigenvalue weighted by Gasteiger charge is -2.25. The fraction of sp³-hybridized carbons (Fsp3) is 0.600. The third-order valence-electron chi connectivity index (χ3n) is 3.87. The molecule has 0 aliphatic carbocycles. The Balaban J connectivity index is 2.76. The molecule has 4 heteroatoms. The zero-order chi connectivity index (χ0) is 14.8. The highest BCUT2D eigenvalue weighted by molar-refractivity contribution is 7.92. The fourth-order valence-electron chi connectivity index (χ4n) is 1.68. The fourth-order valence-corrected chi connectivity index (χ4v) is 2.03. The topological polar surface area (TPSA) is 46.2 Å². The van der Waals surface area contributed by atoms with Crippen LogP contribution >= 0.6 is 0 Å². The lowest BCUT2D eigenvalue weighted by Crippen LogP contribution is -2.42. The number of benzene rings is 1. The van der Waals surface area contributed by atoms with Crippen molar-refractivity contribution < 1.29 is 8.42 Å². The third-order valence-corrected chi connectivity index (χ3v) is 6.02. The van der Waals surface area contributed by atoms with E-state index in [4.69, 9.17) is 0 Å². The Hall–Kier alpha value is -0.870. The minimum atomic E-state index is -3.06. The van der Waals surface area contributed by atoms with Crippen LogP contribution in [-0.4, -0.2) is 26.0 Å². The first-order valence-electron chi connectivity index (χ1n) is 6.55. The van der Waals surface area contributed by atoms with Gasteiger partial charge in [0.15, 0.2) is 9.84 Å². The molecule has 1 unspecified atom stereocenters. The monoisotopic (exact) mass is 283 g/mol. The normalized spacial score (nSPS) is 14.4. The number of hydrogen-bond acceptors (Lipinski definition) is 3. The quantitative estimate of drug-likeness (QED) is 0.904. The summed E-state index contributed by atoms with van der Waals surface area (Å²) in [6.45, 7) is 10.2. The van der Waals surface area contributed by atoms with Crippen molar-refractivity contribution in [2.45, 2.75) is 45.4 Å². The third kappa shape index (κ3) is 4.05. The molecule has 0 saturated heterocycles. The van der Waals surface area contributed by atoms with Crippen molar-refractivity contribution in [2.75, 3.05) is 12.8 Å². The first-order chi connectivity index (χ1) is 8.54. The van der Waals surface area contributed by atoms with Crippen molar-refractivity contribution in [1.29, 1.82) is 0 Å². The van der Waals surface area contributed by atoms with Gasteiger partial charge in [-0.25, -0.2) is 8.42 Å². The van der Waals surface area contributed by atoms with Crippen molar-refractivity contribution in [3.8, 4) is 0 Å². The van der Waals surface area contributed by atoms with Gasteiger partial charge in [0.2, 0.25) is 0 Å². The summed E-state index contributed by atoms with van der Waals surface area (Å²) in [4.78, 5) is 0. The molecule has 108 valence electrons. The maximum absolute atomic E-state index is 11.7. The SMILES string of the molecule is Cc1ccc(C(C)NCC(C)(C)S(C)(=O)=O)cc1C. The molecule has 1 rings (SSSR count). The number of nitrogens with one attached hydrogen (secondary N) is 1. The van der Waals surface area contributed by atoms with E-state index < -0.39 is 14.6 Å². The lowest BCUT2D eigenvalue weighted by atomic mass is 10.0. The maximum Gasteiger partial charge on any atom is 0.153 e. The van der Waals surface area contributed by atoms with Gasteiger partial charge in [0.1, 0.15) is 0 Å². The highest BCUT2D eigenvalue weighted by Crippen LogP contribution is 2.19. The van der Waals surface area contributed by atoms with Crippen molar-refractivity contribution in [3.63, 3.8) is 0 Å². The molecular weight excluding hydrogens is 258 g/mol. The highest BCUT2D eigenvalue weighted by Gasteiger charge is 2.30. The van der Waals surface area contributed by atoms with Crippen LogP contribution < -0.4 is 5.32 Å². The van der Waals surface area contributed by atoms with Gasteiger partial charge in [-0.1, -0.05) is 18.2 Å². The van der Waals surface area contributed by atoms with Gasteiger partial charge in [-0.2, -0.15) is 0 Å². The molecule has 0 spiro atoms. The Morgan fingerprint density at radius 3 is 2.26 bits per heavy atom. The van der Waals surface area contributed by atoms with Gasteiger partial charge in [0.05, 0.1) is 4.75 Å². The van der Waals surface area contributed by atoms with Gasteiger partial charge in [-0.15, -0.1) is 0 Å². The number of rotatable bonds is 5. The molecule has 0 saturated carbocycles. The molecule has 0 amide bonds. The molecule has 1 aromatic carbocycles. The van der Waals surface area contributed by atoms with Gasteiger partial charge in [0, 0.05) is 18.8 Å². The zero-order valence-corrected chi connectivity index (χ0v) is 13.6. The van der Waals surface area contributed by atoms with Gasteiger partial charge in [-0.3, -0.25) is 0 Å². The van der Waals surface area contributed by atoms with E-state index in [-0.39, 0.29) is 6.04 Å². The molecule has 1 N–H and O–H groups in total. The van der Waals surface area contributed by atoms with E-state index in [0.717, 1.165) is 0 Å². The summed E-state index contributed by atoms with van der Waals surface area (Å²) in [5, 5.41) is 3.31. The van der Waals surface area contributed by atoms with Crippen LogP contribution in [0.1, 0.15) is 43.5 Å². The van der Waals surface area contributed by atoms with E-state index in [9.17, 15) is 8.42 Å². The van der Waals surface area contributed by atoms with Gasteiger partial charge in [0.25, 0.3) is 0 Å². The molecule has 1 atom stereocenters. The van der Waals surface area contributed by atoms with Crippen molar-refractivity contribution in [3.05, 3.63) is 34.9 Å². The van der Waals surface area contributed by atoms with E-state index in [1.807, 2.05) is 0 Å². The Labute approximate surface area is 117 Å². The summed E-state index contributed by atoms with van der Waals surface area (Å²) < 4.78 is 22.6. The van der Waals surface area contributed by atoms with Crippen molar-refractivity contribution >= 4 is 9.84 Å². The van der Waals surface area contributed by atoms with E-state index >= 15 is 0 Å². The van der Waals surface area contributed by atoms with Crippen LogP contribution in [0.3, 0.4) is 0 Å². The highest BCUT2D eigenvalue weighted by atomic mass is 32.2. The van der Waals surface area contributed by atoms with E-state index in [1.54, 1.807) is 13.8 Å². The van der Waals surface area contributed by atoms with E-state index in [1.165, 1.54) is 22.9 Å². The average molecular weight is 283 g/mol. The number of sulfone groups is 1. The molecule has 0 aromatic heterocycles. The second-order valence-electron chi connectivity index (χ2n) is 5.98. The van der Waals surface area contributed by atoms with Crippen LogP contribution in [0, 0.1) is 13.8 Å². The molecule has 0 aliphatic heterocycles. The molecule has 0 aliphatic rings. The molecule has 0 fully saturated rings. The van der Waals surface area contributed by atoms with Crippen LogP contribution in [0.5, 0.6) is 0 Å². The zero-order valence-electron chi connectivity index (χ0n) is 12.7. The molecule has 19 heavy (non-hydrogen) atoms. The van der Waals surface area contributed by atoms with E-state index in [0.29, 0.717) is 6.54 Å². The molecule has 1 aromatic rings. The van der Waals surface area contributed by atoms with Crippen LogP contribution in [0.15, 0.2) is 18.2 Å². The predicted molar refractivity (Wildman–Crippen MR) is 81.3 cm³/mol. The van der Waals surface area contributed by atoms with Crippen LogP contribution in [-0.2, 0) is 9.84 Å². The summed E-state index contributed by atoms with van der Waals surface area (Å²) in [5.74, 6) is 0. The Kier molecular flexibility index (Phi) is 4.80. The van der Waals surface area contributed by atoms with Crippen molar-refractivity contribution in [2.24, 2.45) is 0 Å². The van der Waals surface area contributed by atoms with Crippen LogP contribution in [0.2, 0.25) is 0 Å². The second kappa shape index (κ2) is 5.63. The average Bonchev–Trinajstić information content (AvgIpc) is 2.28. The van der Waals surface area contributed by atoms with Crippen LogP contribution in [0.25, 0.3) is 0 Å². The van der Waals surface area contributed by atoms with Gasteiger partial charge in [-0.05, 0) is 51.3 Å². The molecule has 0 radical (unpaired) electrons. The largest absolute Gasteiger partial charge is 0.309 e. The van der Waals surface area contributed by atoms with Crippen molar-refractivity contribution in [1.82, 2.24) is 5.32 Å². The molecule has 3 nitrogen and oxygen atoms in total. The summed E-state index contributed by atoms with van der Waals surface area (Å²) in [6.07, 6.45) is 1.29. The summed E-state index contributed by atoms with van der Waals surface area (Å²) in [7, 11) is -3.06. The molecular formula is C15H25NO2S. The summed E-state index contributed by atoms with van der Waals surface area (Å²) in [6, 6.07) is 6.48. The Morgan fingerprint density at radius 2 is 1.79 bits per heavy atom. The summed E-state index contributed by atoms with van der Waals surface area (Å²) >= 11 is 0. The number of aryl methyl sites for hydroxylation is 2. The van der Waals surface area contributed by atoms with Crippen LogP contribution in [0.4, 0.5) is 0 Å². The minimum Gasteiger partial charge on any atom is -0.309 e. The smallest absolute Gasteiger partial charge is 0.153 e. The lowest BCUT2D eigenvalue weighted by molar-refractivity contribution is 0.488. The maximum atomic E-state index is 11.7. The standard InChI is InChI=1S/C15H25NO2S/c1-11-7-8-14(9-12(11)2)13(3)16-10-15(4,5)19(6,17)18/h7-9,13,16H,10H2,1-6H3. The van der Waals surface area contributed by atoms with E-state index in [2.05, 4.69) is 44.3 Å². The predicted octanol–water partition coefficient (Wildman–Crippen LogP) is 2.78.